The number of carbonyl (C=O) groups is 1. The SMILES string of the molecule is O=C(NCc1ccccc1F)Nc1cccc(Cl)c1Cl. The first-order chi connectivity index (χ1) is 9.58. The van der Waals surface area contributed by atoms with Crippen LogP contribution in [-0.2, 0) is 6.54 Å². The van der Waals surface area contributed by atoms with Crippen LogP contribution in [0.4, 0.5) is 14.9 Å². The summed E-state index contributed by atoms with van der Waals surface area (Å²) in [5, 5.41) is 5.70. The molecule has 0 aliphatic carbocycles. The van der Waals surface area contributed by atoms with Crippen molar-refractivity contribution in [2.24, 2.45) is 0 Å². The van der Waals surface area contributed by atoms with Gasteiger partial charge in [-0.3, -0.25) is 0 Å². The van der Waals surface area contributed by atoms with E-state index in [0.717, 1.165) is 0 Å². The first kappa shape index (κ1) is 14.6. The summed E-state index contributed by atoms with van der Waals surface area (Å²) in [7, 11) is 0. The van der Waals surface area contributed by atoms with Gasteiger partial charge in [-0.15, -0.1) is 0 Å². The Morgan fingerprint density at radius 2 is 1.85 bits per heavy atom. The molecule has 0 saturated carbocycles. The molecule has 0 fully saturated rings. The zero-order valence-electron chi connectivity index (χ0n) is 10.3. The number of hydrogen-bond acceptors (Lipinski definition) is 1. The maximum absolute atomic E-state index is 13.4. The van der Waals surface area contributed by atoms with Gasteiger partial charge in [-0.2, -0.15) is 0 Å². The van der Waals surface area contributed by atoms with E-state index in [2.05, 4.69) is 10.6 Å². The summed E-state index contributed by atoms with van der Waals surface area (Å²) in [5.41, 5.74) is 0.796. The van der Waals surface area contributed by atoms with Crippen LogP contribution in [0.25, 0.3) is 0 Å². The second kappa shape index (κ2) is 6.59. The molecular weight excluding hydrogens is 302 g/mol. The second-order valence-electron chi connectivity index (χ2n) is 4.00. The van der Waals surface area contributed by atoms with Crippen LogP contribution in [0.2, 0.25) is 10.0 Å². The Kier molecular flexibility index (Phi) is 4.82. The van der Waals surface area contributed by atoms with Gasteiger partial charge in [0, 0.05) is 12.1 Å². The van der Waals surface area contributed by atoms with Crippen molar-refractivity contribution >= 4 is 34.9 Å². The third kappa shape index (κ3) is 3.62. The predicted octanol–water partition coefficient (Wildman–Crippen LogP) is 4.45. The van der Waals surface area contributed by atoms with Gasteiger partial charge < -0.3 is 10.6 Å². The third-order valence-corrected chi connectivity index (χ3v) is 3.42. The van der Waals surface area contributed by atoms with Gasteiger partial charge in [0.1, 0.15) is 5.82 Å². The Bertz CT molecular complexity index is 634. The number of urea groups is 1. The lowest BCUT2D eigenvalue weighted by Crippen LogP contribution is -2.28. The lowest BCUT2D eigenvalue weighted by Gasteiger charge is -2.10. The van der Waals surface area contributed by atoms with E-state index in [0.29, 0.717) is 16.3 Å². The fraction of sp³-hybridized carbons (Fsp3) is 0.0714. The Morgan fingerprint density at radius 1 is 1.10 bits per heavy atom. The molecule has 0 heterocycles. The Morgan fingerprint density at radius 3 is 2.60 bits per heavy atom. The van der Waals surface area contributed by atoms with Crippen LogP contribution in [0.1, 0.15) is 5.56 Å². The molecule has 6 heteroatoms. The minimum absolute atomic E-state index is 0.0801. The van der Waals surface area contributed by atoms with Gasteiger partial charge in [0.05, 0.1) is 15.7 Å². The van der Waals surface area contributed by atoms with Crippen molar-refractivity contribution in [3.8, 4) is 0 Å². The van der Waals surface area contributed by atoms with E-state index >= 15 is 0 Å². The molecule has 0 atom stereocenters. The molecule has 2 N–H and O–H groups in total. The van der Waals surface area contributed by atoms with Crippen LogP contribution in [0.15, 0.2) is 42.5 Å². The van der Waals surface area contributed by atoms with Gasteiger partial charge in [-0.25, -0.2) is 9.18 Å². The highest BCUT2D eigenvalue weighted by atomic mass is 35.5. The standard InChI is InChI=1S/C14H11Cl2FN2O/c15-10-5-3-7-12(13(10)16)19-14(20)18-8-9-4-1-2-6-11(9)17/h1-7H,8H2,(H2,18,19,20). The maximum atomic E-state index is 13.4. The van der Waals surface area contributed by atoms with Crippen molar-refractivity contribution < 1.29 is 9.18 Å². The monoisotopic (exact) mass is 312 g/mol. The molecule has 0 radical (unpaired) electrons. The Labute approximate surface area is 125 Å². The molecule has 0 aliphatic heterocycles. The molecule has 2 aromatic carbocycles. The predicted molar refractivity (Wildman–Crippen MR) is 78.7 cm³/mol. The quantitative estimate of drug-likeness (QED) is 0.863. The molecule has 0 saturated heterocycles. The molecule has 0 unspecified atom stereocenters. The zero-order chi connectivity index (χ0) is 14.5. The summed E-state index contributed by atoms with van der Waals surface area (Å²) in [6, 6.07) is 10.6. The van der Waals surface area contributed by atoms with Gasteiger partial charge in [0.15, 0.2) is 0 Å². The molecular formula is C14H11Cl2FN2O. The van der Waals surface area contributed by atoms with Crippen LogP contribution < -0.4 is 10.6 Å². The van der Waals surface area contributed by atoms with Crippen molar-refractivity contribution in [2.45, 2.75) is 6.54 Å². The lowest BCUT2D eigenvalue weighted by atomic mass is 10.2. The summed E-state index contributed by atoms with van der Waals surface area (Å²) in [6.07, 6.45) is 0. The van der Waals surface area contributed by atoms with Crippen molar-refractivity contribution in [2.75, 3.05) is 5.32 Å². The van der Waals surface area contributed by atoms with E-state index in [9.17, 15) is 9.18 Å². The van der Waals surface area contributed by atoms with Gasteiger partial charge in [0.25, 0.3) is 0 Å². The Balaban J connectivity index is 1.96. The number of amides is 2. The highest BCUT2D eigenvalue weighted by Crippen LogP contribution is 2.29. The number of hydrogen-bond donors (Lipinski definition) is 2. The highest BCUT2D eigenvalue weighted by molar-refractivity contribution is 6.43. The zero-order valence-corrected chi connectivity index (χ0v) is 11.8. The summed E-state index contributed by atoms with van der Waals surface area (Å²) in [4.78, 5) is 11.7. The van der Waals surface area contributed by atoms with Crippen LogP contribution in [0, 0.1) is 5.82 Å². The number of carbonyl (C=O) groups excluding carboxylic acids is 1. The van der Waals surface area contributed by atoms with Gasteiger partial charge >= 0.3 is 6.03 Å². The van der Waals surface area contributed by atoms with Gasteiger partial charge in [0.2, 0.25) is 0 Å². The van der Waals surface area contributed by atoms with Crippen molar-refractivity contribution in [1.29, 1.82) is 0 Å². The molecule has 104 valence electrons. The largest absolute Gasteiger partial charge is 0.334 e. The molecule has 20 heavy (non-hydrogen) atoms. The highest BCUT2D eigenvalue weighted by Gasteiger charge is 2.08. The third-order valence-electron chi connectivity index (χ3n) is 2.60. The fourth-order valence-electron chi connectivity index (χ4n) is 1.58. The molecule has 0 bridgehead atoms. The maximum Gasteiger partial charge on any atom is 0.319 e. The lowest BCUT2D eigenvalue weighted by molar-refractivity contribution is 0.251. The number of benzene rings is 2. The average molecular weight is 313 g/mol. The van der Waals surface area contributed by atoms with E-state index in [1.165, 1.54) is 6.07 Å². The summed E-state index contributed by atoms with van der Waals surface area (Å²) in [5.74, 6) is -0.367. The normalized spacial score (nSPS) is 10.2. The summed E-state index contributed by atoms with van der Waals surface area (Å²) >= 11 is 11.8. The minimum Gasteiger partial charge on any atom is -0.334 e. The van der Waals surface area contributed by atoms with Crippen LogP contribution in [0.3, 0.4) is 0 Å². The first-order valence-corrected chi connectivity index (χ1v) is 6.56. The smallest absolute Gasteiger partial charge is 0.319 e. The molecule has 0 spiro atoms. The van der Waals surface area contributed by atoms with Gasteiger partial charge in [-0.05, 0) is 18.2 Å². The van der Waals surface area contributed by atoms with E-state index in [1.807, 2.05) is 0 Å². The average Bonchev–Trinajstić information content (AvgIpc) is 2.43. The number of anilines is 1. The molecule has 0 aromatic heterocycles. The second-order valence-corrected chi connectivity index (χ2v) is 4.79. The molecule has 2 aromatic rings. The summed E-state index contributed by atoms with van der Waals surface area (Å²) < 4.78 is 13.4. The minimum atomic E-state index is -0.489. The van der Waals surface area contributed by atoms with E-state index in [4.69, 9.17) is 23.2 Å². The van der Waals surface area contributed by atoms with E-state index in [1.54, 1.807) is 36.4 Å². The molecule has 3 nitrogen and oxygen atoms in total. The molecule has 2 amide bonds. The number of halogens is 3. The first-order valence-electron chi connectivity index (χ1n) is 5.80. The van der Waals surface area contributed by atoms with E-state index < -0.39 is 6.03 Å². The van der Waals surface area contributed by atoms with Crippen LogP contribution >= 0.6 is 23.2 Å². The van der Waals surface area contributed by atoms with Gasteiger partial charge in [-0.1, -0.05) is 47.5 Å². The Hall–Kier alpha value is -1.78. The van der Waals surface area contributed by atoms with E-state index in [-0.39, 0.29) is 17.4 Å². The molecule has 2 rings (SSSR count). The number of rotatable bonds is 3. The van der Waals surface area contributed by atoms with Crippen LogP contribution in [-0.4, -0.2) is 6.03 Å². The fourth-order valence-corrected chi connectivity index (χ4v) is 1.93. The van der Waals surface area contributed by atoms with Crippen LogP contribution in [0.5, 0.6) is 0 Å². The van der Waals surface area contributed by atoms with Crippen molar-refractivity contribution in [1.82, 2.24) is 5.32 Å². The number of nitrogens with one attached hydrogen (secondary N) is 2. The molecule has 0 aliphatic rings. The van der Waals surface area contributed by atoms with Crippen molar-refractivity contribution in [3.05, 3.63) is 63.9 Å². The van der Waals surface area contributed by atoms with Crippen molar-refractivity contribution in [3.63, 3.8) is 0 Å². The summed E-state index contributed by atoms with van der Waals surface area (Å²) in [6.45, 7) is 0.0801. The topological polar surface area (TPSA) is 41.1 Å².